The van der Waals surface area contributed by atoms with Crippen LogP contribution >= 0.6 is 0 Å². The number of rotatable bonds is 3. The molecule has 1 aliphatic rings. The summed E-state index contributed by atoms with van der Waals surface area (Å²) in [5, 5.41) is 9.56. The molecule has 1 atom stereocenters. The molecule has 0 aromatic heterocycles. The Morgan fingerprint density at radius 3 is 2.43 bits per heavy atom. The van der Waals surface area contributed by atoms with Crippen LogP contribution < -0.4 is 0 Å². The first-order valence-corrected chi connectivity index (χ1v) is 7.80. The highest BCUT2D eigenvalue weighted by Crippen LogP contribution is 2.26. The molecule has 0 fully saturated rings. The van der Waals surface area contributed by atoms with Crippen molar-refractivity contribution in [2.24, 2.45) is 0 Å². The van der Waals surface area contributed by atoms with E-state index in [1.54, 1.807) is 6.07 Å². The van der Waals surface area contributed by atoms with Crippen molar-refractivity contribution < 1.29 is 14.7 Å². The van der Waals surface area contributed by atoms with E-state index in [1.807, 2.05) is 49.4 Å². The number of fused-ring (bicyclic) bond motifs is 1. The highest BCUT2D eigenvalue weighted by molar-refractivity contribution is 5.98. The van der Waals surface area contributed by atoms with Gasteiger partial charge in [-0.1, -0.05) is 49.4 Å². The third kappa shape index (κ3) is 2.84. The SMILES string of the molecule is CCc1ccccc1C(=O)N1Cc2ccccc2CC1C(=O)O. The predicted molar refractivity (Wildman–Crippen MR) is 87.3 cm³/mol. The first-order valence-electron chi connectivity index (χ1n) is 7.80. The summed E-state index contributed by atoms with van der Waals surface area (Å²) < 4.78 is 0. The Hall–Kier alpha value is -2.62. The standard InChI is InChI=1S/C19H19NO3/c1-2-13-7-5-6-10-16(13)18(21)20-12-15-9-4-3-8-14(15)11-17(20)19(22)23/h3-10,17H,2,11-12H2,1H3,(H,22,23). The Balaban J connectivity index is 1.99. The summed E-state index contributed by atoms with van der Waals surface area (Å²) in [6.45, 7) is 2.33. The van der Waals surface area contributed by atoms with Gasteiger partial charge < -0.3 is 10.0 Å². The van der Waals surface area contributed by atoms with E-state index in [0.717, 1.165) is 23.1 Å². The molecule has 118 valence electrons. The number of aryl methyl sites for hydroxylation is 1. The molecule has 1 unspecified atom stereocenters. The summed E-state index contributed by atoms with van der Waals surface area (Å²) in [5.41, 5.74) is 3.57. The average Bonchev–Trinajstić information content (AvgIpc) is 2.59. The molecule has 3 rings (SSSR count). The van der Waals surface area contributed by atoms with E-state index in [1.165, 1.54) is 4.90 Å². The van der Waals surface area contributed by atoms with Gasteiger partial charge in [0.05, 0.1) is 0 Å². The van der Waals surface area contributed by atoms with Gasteiger partial charge in [-0.2, -0.15) is 0 Å². The lowest BCUT2D eigenvalue weighted by atomic mass is 9.92. The van der Waals surface area contributed by atoms with Gasteiger partial charge in [0.15, 0.2) is 0 Å². The Kier molecular flexibility index (Phi) is 4.15. The Morgan fingerprint density at radius 1 is 1.09 bits per heavy atom. The van der Waals surface area contributed by atoms with Gasteiger partial charge in [0.25, 0.3) is 5.91 Å². The normalized spacial score (nSPS) is 16.7. The zero-order valence-corrected chi connectivity index (χ0v) is 13.0. The Labute approximate surface area is 135 Å². The van der Waals surface area contributed by atoms with Crippen molar-refractivity contribution in [1.82, 2.24) is 4.90 Å². The van der Waals surface area contributed by atoms with E-state index in [9.17, 15) is 14.7 Å². The van der Waals surface area contributed by atoms with Gasteiger partial charge in [0.1, 0.15) is 6.04 Å². The monoisotopic (exact) mass is 309 g/mol. The van der Waals surface area contributed by atoms with Crippen LogP contribution in [-0.4, -0.2) is 27.9 Å². The predicted octanol–water partition coefficient (Wildman–Crippen LogP) is 2.90. The number of hydrogen-bond donors (Lipinski definition) is 1. The number of nitrogens with zero attached hydrogens (tertiary/aromatic N) is 1. The summed E-state index contributed by atoms with van der Waals surface area (Å²) in [4.78, 5) is 26.1. The lowest BCUT2D eigenvalue weighted by Crippen LogP contribution is -2.48. The van der Waals surface area contributed by atoms with Crippen molar-refractivity contribution in [2.75, 3.05) is 0 Å². The average molecular weight is 309 g/mol. The summed E-state index contributed by atoms with van der Waals surface area (Å²) in [6.07, 6.45) is 1.09. The smallest absolute Gasteiger partial charge is 0.326 e. The molecule has 0 radical (unpaired) electrons. The number of hydrogen-bond acceptors (Lipinski definition) is 2. The summed E-state index contributed by atoms with van der Waals surface area (Å²) >= 11 is 0. The summed E-state index contributed by atoms with van der Waals surface area (Å²) in [5.74, 6) is -1.16. The number of carbonyl (C=O) groups is 2. The molecule has 2 aromatic carbocycles. The molecule has 1 aliphatic heterocycles. The first kappa shape index (κ1) is 15.3. The van der Waals surface area contributed by atoms with E-state index in [0.29, 0.717) is 18.5 Å². The molecule has 0 aliphatic carbocycles. The van der Waals surface area contributed by atoms with Crippen LogP contribution in [-0.2, 0) is 24.2 Å². The molecular formula is C19H19NO3. The van der Waals surface area contributed by atoms with Crippen molar-refractivity contribution >= 4 is 11.9 Å². The van der Waals surface area contributed by atoms with Crippen molar-refractivity contribution in [3.63, 3.8) is 0 Å². The quantitative estimate of drug-likeness (QED) is 0.948. The molecule has 1 N–H and O–H groups in total. The fourth-order valence-electron chi connectivity index (χ4n) is 3.15. The van der Waals surface area contributed by atoms with Crippen LogP contribution in [0.4, 0.5) is 0 Å². The molecule has 4 nitrogen and oxygen atoms in total. The molecule has 1 heterocycles. The van der Waals surface area contributed by atoms with Gasteiger partial charge in [-0.15, -0.1) is 0 Å². The molecule has 23 heavy (non-hydrogen) atoms. The maximum atomic E-state index is 13.0. The molecule has 2 aromatic rings. The number of aliphatic carboxylic acids is 1. The minimum absolute atomic E-state index is 0.204. The van der Waals surface area contributed by atoms with Gasteiger partial charge >= 0.3 is 5.97 Å². The number of carboxylic acid groups (broad SMARTS) is 1. The lowest BCUT2D eigenvalue weighted by molar-refractivity contribution is -0.142. The lowest BCUT2D eigenvalue weighted by Gasteiger charge is -2.34. The molecule has 0 spiro atoms. The molecular weight excluding hydrogens is 290 g/mol. The fourth-order valence-corrected chi connectivity index (χ4v) is 3.15. The largest absolute Gasteiger partial charge is 0.480 e. The summed E-state index contributed by atoms with van der Waals surface area (Å²) in [6, 6.07) is 14.3. The third-order valence-corrected chi connectivity index (χ3v) is 4.42. The topological polar surface area (TPSA) is 57.6 Å². The van der Waals surface area contributed by atoms with Crippen molar-refractivity contribution in [2.45, 2.75) is 32.4 Å². The van der Waals surface area contributed by atoms with Crippen LogP contribution in [0.2, 0.25) is 0 Å². The van der Waals surface area contributed by atoms with E-state index in [4.69, 9.17) is 0 Å². The third-order valence-electron chi connectivity index (χ3n) is 4.42. The highest BCUT2D eigenvalue weighted by atomic mass is 16.4. The zero-order valence-electron chi connectivity index (χ0n) is 13.0. The number of carboxylic acids is 1. The van der Waals surface area contributed by atoms with Gasteiger partial charge in [-0.05, 0) is 29.2 Å². The van der Waals surface area contributed by atoms with Crippen LogP contribution in [0.3, 0.4) is 0 Å². The minimum Gasteiger partial charge on any atom is -0.480 e. The highest BCUT2D eigenvalue weighted by Gasteiger charge is 2.35. The maximum Gasteiger partial charge on any atom is 0.326 e. The van der Waals surface area contributed by atoms with Gasteiger partial charge in [0, 0.05) is 18.5 Å². The zero-order chi connectivity index (χ0) is 16.4. The van der Waals surface area contributed by atoms with Crippen LogP contribution in [0, 0.1) is 0 Å². The number of carbonyl (C=O) groups excluding carboxylic acids is 1. The van der Waals surface area contributed by atoms with Gasteiger partial charge in [-0.25, -0.2) is 4.79 Å². The van der Waals surface area contributed by atoms with E-state index in [-0.39, 0.29) is 5.91 Å². The van der Waals surface area contributed by atoms with E-state index >= 15 is 0 Å². The molecule has 1 amide bonds. The maximum absolute atomic E-state index is 13.0. The first-order chi connectivity index (χ1) is 11.1. The minimum atomic E-state index is -0.957. The second-order valence-electron chi connectivity index (χ2n) is 5.77. The van der Waals surface area contributed by atoms with E-state index < -0.39 is 12.0 Å². The molecule has 0 saturated carbocycles. The second kappa shape index (κ2) is 6.24. The second-order valence-corrected chi connectivity index (χ2v) is 5.77. The van der Waals surface area contributed by atoms with Gasteiger partial charge in [0.2, 0.25) is 0 Å². The molecule has 4 heteroatoms. The van der Waals surface area contributed by atoms with Crippen LogP contribution in [0.25, 0.3) is 0 Å². The van der Waals surface area contributed by atoms with Crippen molar-refractivity contribution in [3.8, 4) is 0 Å². The van der Waals surface area contributed by atoms with Crippen LogP contribution in [0.5, 0.6) is 0 Å². The number of amides is 1. The van der Waals surface area contributed by atoms with Crippen LogP contribution in [0.1, 0.15) is 34.0 Å². The Bertz CT molecular complexity index is 754. The molecule has 0 bridgehead atoms. The number of benzene rings is 2. The van der Waals surface area contributed by atoms with Crippen molar-refractivity contribution in [3.05, 3.63) is 70.8 Å². The summed E-state index contributed by atoms with van der Waals surface area (Å²) in [7, 11) is 0. The van der Waals surface area contributed by atoms with Crippen molar-refractivity contribution in [1.29, 1.82) is 0 Å². The van der Waals surface area contributed by atoms with Crippen LogP contribution in [0.15, 0.2) is 48.5 Å². The Morgan fingerprint density at radius 2 is 1.74 bits per heavy atom. The molecule has 0 saturated heterocycles. The van der Waals surface area contributed by atoms with Gasteiger partial charge in [-0.3, -0.25) is 4.79 Å². The van der Waals surface area contributed by atoms with E-state index in [2.05, 4.69) is 0 Å². The fraction of sp³-hybridized carbons (Fsp3) is 0.263.